The summed E-state index contributed by atoms with van der Waals surface area (Å²) in [5.74, 6) is -1.59. The van der Waals surface area contributed by atoms with Gasteiger partial charge in [-0.2, -0.15) is 5.26 Å². The van der Waals surface area contributed by atoms with E-state index in [1.165, 1.54) is 19.1 Å². The molecule has 1 amide bonds. The number of carboxylic acid groups (broad SMARTS) is 1. The van der Waals surface area contributed by atoms with Gasteiger partial charge in [0.25, 0.3) is 0 Å². The Balaban J connectivity index is 2.66. The fraction of sp³-hybridized carbons (Fsp3) is 0.154. The van der Waals surface area contributed by atoms with Crippen molar-refractivity contribution >= 4 is 18.0 Å². The van der Waals surface area contributed by atoms with Gasteiger partial charge in [0.15, 0.2) is 0 Å². The van der Waals surface area contributed by atoms with Gasteiger partial charge in [-0.3, -0.25) is 9.59 Å². The molecular weight excluding hydrogens is 232 g/mol. The van der Waals surface area contributed by atoms with Crippen molar-refractivity contribution in [1.29, 1.82) is 5.26 Å². The molecule has 1 rings (SSSR count). The molecule has 1 aromatic carbocycles. The van der Waals surface area contributed by atoms with Crippen LogP contribution in [0.15, 0.2) is 30.3 Å². The van der Waals surface area contributed by atoms with Crippen LogP contribution in [0.4, 0.5) is 0 Å². The van der Waals surface area contributed by atoms with Crippen molar-refractivity contribution in [3.05, 3.63) is 41.5 Å². The van der Waals surface area contributed by atoms with E-state index in [2.05, 4.69) is 5.32 Å². The highest BCUT2D eigenvalue weighted by Gasteiger charge is 2.11. The van der Waals surface area contributed by atoms with E-state index in [-0.39, 0.29) is 0 Å². The van der Waals surface area contributed by atoms with Crippen LogP contribution in [0.25, 0.3) is 6.08 Å². The minimum Gasteiger partial charge on any atom is -0.480 e. The first kappa shape index (κ1) is 13.5. The third-order valence-electron chi connectivity index (χ3n) is 2.17. The molecule has 0 bridgehead atoms. The molecule has 0 heterocycles. The molecule has 0 radical (unpaired) electrons. The molecule has 0 aromatic heterocycles. The Morgan fingerprint density at radius 3 is 2.83 bits per heavy atom. The summed E-state index contributed by atoms with van der Waals surface area (Å²) in [5.41, 5.74) is 1.20. The number of hydrogen-bond acceptors (Lipinski definition) is 3. The van der Waals surface area contributed by atoms with Gasteiger partial charge in [0, 0.05) is 6.08 Å². The Kier molecular flexibility index (Phi) is 4.64. The third-order valence-corrected chi connectivity index (χ3v) is 2.17. The van der Waals surface area contributed by atoms with Crippen LogP contribution in [0.5, 0.6) is 0 Å². The van der Waals surface area contributed by atoms with Crippen molar-refractivity contribution in [3.8, 4) is 6.07 Å². The lowest BCUT2D eigenvalue weighted by Crippen LogP contribution is -2.37. The zero-order valence-electron chi connectivity index (χ0n) is 9.75. The highest BCUT2D eigenvalue weighted by Crippen LogP contribution is 2.05. The second-order valence-corrected chi connectivity index (χ2v) is 3.64. The van der Waals surface area contributed by atoms with E-state index in [4.69, 9.17) is 10.4 Å². The van der Waals surface area contributed by atoms with E-state index in [0.717, 1.165) is 0 Å². The van der Waals surface area contributed by atoms with Crippen LogP contribution >= 0.6 is 0 Å². The van der Waals surface area contributed by atoms with E-state index in [1.807, 2.05) is 6.07 Å². The maximum atomic E-state index is 11.4. The predicted octanol–water partition coefficient (Wildman–Crippen LogP) is 1.16. The first-order chi connectivity index (χ1) is 8.52. The molecule has 2 N–H and O–H groups in total. The number of carbonyl (C=O) groups excluding carboxylic acids is 1. The van der Waals surface area contributed by atoms with E-state index in [0.29, 0.717) is 11.1 Å². The van der Waals surface area contributed by atoms with Gasteiger partial charge < -0.3 is 10.4 Å². The molecule has 0 aliphatic carbocycles. The Morgan fingerprint density at radius 1 is 1.50 bits per heavy atom. The van der Waals surface area contributed by atoms with E-state index < -0.39 is 17.9 Å². The van der Waals surface area contributed by atoms with Crippen molar-refractivity contribution in [2.45, 2.75) is 13.0 Å². The summed E-state index contributed by atoms with van der Waals surface area (Å²) < 4.78 is 0. The van der Waals surface area contributed by atoms with Crippen LogP contribution in [0, 0.1) is 11.3 Å². The topological polar surface area (TPSA) is 90.2 Å². The molecule has 0 saturated carbocycles. The van der Waals surface area contributed by atoms with Crippen LogP contribution in [0.3, 0.4) is 0 Å². The second-order valence-electron chi connectivity index (χ2n) is 3.64. The summed E-state index contributed by atoms with van der Waals surface area (Å²) >= 11 is 0. The number of hydrogen-bond donors (Lipinski definition) is 2. The Labute approximate surface area is 104 Å². The summed E-state index contributed by atoms with van der Waals surface area (Å²) in [5, 5.41) is 19.6. The number of benzene rings is 1. The van der Waals surface area contributed by atoms with Gasteiger partial charge in [-0.15, -0.1) is 0 Å². The summed E-state index contributed by atoms with van der Waals surface area (Å²) in [7, 11) is 0. The van der Waals surface area contributed by atoms with Gasteiger partial charge in [-0.25, -0.2) is 0 Å². The quantitative estimate of drug-likeness (QED) is 0.777. The first-order valence-corrected chi connectivity index (χ1v) is 5.24. The average molecular weight is 244 g/mol. The van der Waals surface area contributed by atoms with Gasteiger partial charge in [-0.1, -0.05) is 12.1 Å². The first-order valence-electron chi connectivity index (χ1n) is 5.24. The zero-order valence-corrected chi connectivity index (χ0v) is 9.75. The lowest BCUT2D eigenvalue weighted by atomic mass is 10.1. The second kappa shape index (κ2) is 6.21. The van der Waals surface area contributed by atoms with Crippen LogP contribution < -0.4 is 5.32 Å². The number of nitriles is 1. The smallest absolute Gasteiger partial charge is 0.325 e. The van der Waals surface area contributed by atoms with Crippen LogP contribution in [-0.2, 0) is 9.59 Å². The van der Waals surface area contributed by atoms with Gasteiger partial charge in [0.1, 0.15) is 6.04 Å². The fourth-order valence-electron chi connectivity index (χ4n) is 1.21. The van der Waals surface area contributed by atoms with Crippen molar-refractivity contribution in [2.24, 2.45) is 0 Å². The van der Waals surface area contributed by atoms with Gasteiger partial charge in [0.05, 0.1) is 11.6 Å². The van der Waals surface area contributed by atoms with E-state index in [9.17, 15) is 9.59 Å². The van der Waals surface area contributed by atoms with E-state index >= 15 is 0 Å². The largest absolute Gasteiger partial charge is 0.480 e. The number of nitrogens with one attached hydrogen (secondary N) is 1. The molecule has 0 spiro atoms. The van der Waals surface area contributed by atoms with Crippen molar-refractivity contribution in [1.82, 2.24) is 5.32 Å². The Morgan fingerprint density at radius 2 is 2.22 bits per heavy atom. The predicted molar refractivity (Wildman–Crippen MR) is 65.4 cm³/mol. The standard InChI is InChI=1S/C13H12N2O3/c1-9(13(17)18)15-12(16)6-5-10-3-2-4-11(7-10)8-14/h2-7,9H,1H3,(H,15,16)(H,17,18)/b6-5+/t9-/m1/s1. The number of rotatable bonds is 4. The molecule has 92 valence electrons. The summed E-state index contributed by atoms with van der Waals surface area (Å²) in [6.07, 6.45) is 2.75. The van der Waals surface area contributed by atoms with Crippen molar-refractivity contribution in [3.63, 3.8) is 0 Å². The molecule has 18 heavy (non-hydrogen) atoms. The maximum Gasteiger partial charge on any atom is 0.325 e. The molecule has 0 saturated heterocycles. The summed E-state index contributed by atoms with van der Waals surface area (Å²) in [6.45, 7) is 1.38. The summed E-state index contributed by atoms with van der Waals surface area (Å²) in [4.78, 5) is 21.9. The molecule has 0 fully saturated rings. The van der Waals surface area contributed by atoms with Gasteiger partial charge in [-0.05, 0) is 30.7 Å². The number of carbonyl (C=O) groups is 2. The van der Waals surface area contributed by atoms with E-state index in [1.54, 1.807) is 24.3 Å². The molecule has 1 atom stereocenters. The van der Waals surface area contributed by atoms with Gasteiger partial charge >= 0.3 is 5.97 Å². The van der Waals surface area contributed by atoms with Crippen molar-refractivity contribution in [2.75, 3.05) is 0 Å². The summed E-state index contributed by atoms with van der Waals surface area (Å²) in [6, 6.07) is 7.78. The average Bonchev–Trinajstić information content (AvgIpc) is 2.36. The van der Waals surface area contributed by atoms with Crippen LogP contribution in [-0.4, -0.2) is 23.0 Å². The lowest BCUT2D eigenvalue weighted by molar-refractivity contribution is -0.140. The molecule has 0 unspecified atom stereocenters. The Bertz CT molecular complexity index is 529. The van der Waals surface area contributed by atoms with Crippen LogP contribution in [0.1, 0.15) is 18.1 Å². The molecule has 5 nitrogen and oxygen atoms in total. The molecule has 5 heteroatoms. The third kappa shape index (κ3) is 4.10. The molecule has 1 aromatic rings. The molecular formula is C13H12N2O3. The SMILES string of the molecule is C[C@@H](NC(=O)/C=C/c1cccc(C#N)c1)C(=O)O. The Hall–Kier alpha value is -2.61. The van der Waals surface area contributed by atoms with Crippen molar-refractivity contribution < 1.29 is 14.7 Å². The monoisotopic (exact) mass is 244 g/mol. The lowest BCUT2D eigenvalue weighted by Gasteiger charge is -2.05. The number of aliphatic carboxylic acids is 1. The van der Waals surface area contributed by atoms with Gasteiger partial charge in [0.2, 0.25) is 5.91 Å². The molecule has 0 aliphatic rings. The number of carboxylic acids is 1. The normalized spacial score (nSPS) is 11.8. The van der Waals surface area contributed by atoms with Crippen LogP contribution in [0.2, 0.25) is 0 Å². The maximum absolute atomic E-state index is 11.4. The minimum atomic E-state index is -1.09. The number of amides is 1. The minimum absolute atomic E-state index is 0.493. The molecule has 0 aliphatic heterocycles. The highest BCUT2D eigenvalue weighted by molar-refractivity contribution is 5.94. The fourth-order valence-corrected chi connectivity index (χ4v) is 1.21. The highest BCUT2D eigenvalue weighted by atomic mass is 16.4. The number of nitrogens with zero attached hydrogens (tertiary/aromatic N) is 1. The zero-order chi connectivity index (χ0) is 13.5.